The van der Waals surface area contributed by atoms with Gasteiger partial charge in [-0.3, -0.25) is 0 Å². The molecule has 1 saturated heterocycles. The number of thioether (sulfide) groups is 1. The van der Waals surface area contributed by atoms with Crippen molar-refractivity contribution in [3.05, 3.63) is 11.9 Å². The molecule has 14 heavy (non-hydrogen) atoms. The van der Waals surface area contributed by atoms with E-state index in [4.69, 9.17) is 0 Å². The summed E-state index contributed by atoms with van der Waals surface area (Å²) in [5, 5.41) is 12.4. The zero-order valence-electron chi connectivity index (χ0n) is 8.23. The average Bonchev–Trinajstić information content (AvgIpc) is 2.30. The Kier molecular flexibility index (Phi) is 3.31. The van der Waals surface area contributed by atoms with Crippen LogP contribution >= 0.6 is 11.8 Å². The van der Waals surface area contributed by atoms with E-state index in [1.807, 2.05) is 12.5 Å². The summed E-state index contributed by atoms with van der Waals surface area (Å²) >= 11 is 1.52. The molecule has 0 saturated carbocycles. The molecule has 1 atom stereocenters. The molecule has 0 aliphatic carbocycles. The molecule has 5 heteroatoms. The Hall–Kier alpha value is -0.680. The van der Waals surface area contributed by atoms with Crippen LogP contribution in [0, 0.1) is 0 Å². The van der Waals surface area contributed by atoms with Gasteiger partial charge in [-0.05, 0) is 25.6 Å². The molecule has 0 aromatic carbocycles. The van der Waals surface area contributed by atoms with E-state index in [-0.39, 0.29) is 0 Å². The van der Waals surface area contributed by atoms with Crippen molar-refractivity contribution in [1.82, 2.24) is 20.5 Å². The third-order valence-corrected chi connectivity index (χ3v) is 3.01. The van der Waals surface area contributed by atoms with Crippen LogP contribution in [0.2, 0.25) is 0 Å². The molecule has 2 rings (SSSR count). The summed E-state index contributed by atoms with van der Waals surface area (Å²) in [7, 11) is 0. The number of nitrogens with zero attached hydrogens (tertiary/aromatic N) is 3. The Labute approximate surface area is 87.9 Å². The molecule has 1 aromatic heterocycles. The second kappa shape index (κ2) is 4.70. The van der Waals surface area contributed by atoms with Crippen LogP contribution in [-0.2, 0) is 0 Å². The van der Waals surface area contributed by atoms with Crippen molar-refractivity contribution < 1.29 is 0 Å². The predicted octanol–water partition coefficient (Wildman–Crippen LogP) is 1.06. The summed E-state index contributed by atoms with van der Waals surface area (Å²) in [6.07, 6.45) is 6.23. The van der Waals surface area contributed by atoms with Crippen LogP contribution in [-0.4, -0.2) is 34.5 Å². The predicted molar refractivity (Wildman–Crippen MR) is 56.5 cm³/mol. The van der Waals surface area contributed by atoms with Gasteiger partial charge in [0.05, 0.1) is 11.9 Å². The lowest BCUT2D eigenvalue weighted by atomic mass is 9.97. The van der Waals surface area contributed by atoms with Crippen LogP contribution in [0.5, 0.6) is 0 Å². The number of hydrogen-bond donors (Lipinski definition) is 1. The van der Waals surface area contributed by atoms with Crippen LogP contribution in [0.1, 0.15) is 24.5 Å². The van der Waals surface area contributed by atoms with Gasteiger partial charge in [-0.1, -0.05) is 11.8 Å². The van der Waals surface area contributed by atoms with Crippen LogP contribution in [0.4, 0.5) is 0 Å². The maximum Gasteiger partial charge on any atom is 0.208 e. The van der Waals surface area contributed by atoms with Crippen molar-refractivity contribution in [3.63, 3.8) is 0 Å². The van der Waals surface area contributed by atoms with Crippen molar-refractivity contribution in [2.45, 2.75) is 23.9 Å². The lowest BCUT2D eigenvalue weighted by molar-refractivity contribution is 0.448. The first-order valence-electron chi connectivity index (χ1n) is 4.84. The van der Waals surface area contributed by atoms with Crippen LogP contribution in [0.3, 0.4) is 0 Å². The number of rotatable bonds is 2. The van der Waals surface area contributed by atoms with E-state index < -0.39 is 0 Å². The number of hydrogen-bond acceptors (Lipinski definition) is 5. The molecular weight excluding hydrogens is 196 g/mol. The Balaban J connectivity index is 2.07. The monoisotopic (exact) mass is 210 g/mol. The van der Waals surface area contributed by atoms with Gasteiger partial charge in [0.1, 0.15) is 0 Å². The molecule has 0 amide bonds. The van der Waals surface area contributed by atoms with E-state index in [2.05, 4.69) is 20.5 Å². The molecule has 1 N–H and O–H groups in total. The fraction of sp³-hybridized carbons (Fsp3) is 0.667. The van der Waals surface area contributed by atoms with Crippen molar-refractivity contribution in [2.24, 2.45) is 0 Å². The van der Waals surface area contributed by atoms with Gasteiger partial charge in [-0.2, -0.15) is 5.10 Å². The molecule has 76 valence electrons. The first-order chi connectivity index (χ1) is 6.90. The lowest BCUT2D eigenvalue weighted by Gasteiger charge is -2.21. The highest BCUT2D eigenvalue weighted by molar-refractivity contribution is 7.98. The normalized spacial score (nSPS) is 22.2. The summed E-state index contributed by atoms with van der Waals surface area (Å²) < 4.78 is 0. The fourth-order valence-corrected chi connectivity index (χ4v) is 1.94. The summed E-state index contributed by atoms with van der Waals surface area (Å²) in [6, 6.07) is 0. The van der Waals surface area contributed by atoms with Gasteiger partial charge >= 0.3 is 0 Å². The standard InChI is InChI=1S/C9H14N4S/c1-14-9-11-6-8(12-13-9)7-3-2-4-10-5-7/h6-7,10H,2-5H2,1H3. The summed E-state index contributed by atoms with van der Waals surface area (Å²) in [5.74, 6) is 0.500. The second-order valence-corrected chi connectivity index (χ2v) is 4.19. The van der Waals surface area contributed by atoms with Gasteiger partial charge in [-0.25, -0.2) is 4.98 Å². The quantitative estimate of drug-likeness (QED) is 0.740. The SMILES string of the molecule is CSc1ncc(C2CCCNC2)nn1. The first kappa shape index (κ1) is 9.86. The molecule has 1 aliphatic rings. The molecule has 1 aliphatic heterocycles. The van der Waals surface area contributed by atoms with E-state index in [0.717, 1.165) is 23.9 Å². The van der Waals surface area contributed by atoms with Crippen LogP contribution in [0.25, 0.3) is 0 Å². The molecule has 0 bridgehead atoms. The fourth-order valence-electron chi connectivity index (χ4n) is 1.66. The molecular formula is C9H14N4S. The maximum absolute atomic E-state index is 4.23. The second-order valence-electron chi connectivity index (χ2n) is 3.41. The van der Waals surface area contributed by atoms with Crippen LogP contribution < -0.4 is 5.32 Å². The average molecular weight is 210 g/mol. The molecule has 1 unspecified atom stereocenters. The third-order valence-electron chi connectivity index (χ3n) is 2.46. The van der Waals surface area contributed by atoms with Gasteiger partial charge in [0.2, 0.25) is 5.16 Å². The molecule has 0 radical (unpaired) electrons. The molecule has 0 spiro atoms. The third kappa shape index (κ3) is 2.22. The Morgan fingerprint density at radius 3 is 3.00 bits per heavy atom. The van der Waals surface area contributed by atoms with Gasteiger partial charge in [-0.15, -0.1) is 5.10 Å². The lowest BCUT2D eigenvalue weighted by Crippen LogP contribution is -2.29. The molecule has 1 fully saturated rings. The smallest absolute Gasteiger partial charge is 0.208 e. The van der Waals surface area contributed by atoms with Crippen LogP contribution in [0.15, 0.2) is 11.4 Å². The number of piperidine rings is 1. The van der Waals surface area contributed by atoms with Gasteiger partial charge in [0, 0.05) is 12.5 Å². The zero-order valence-corrected chi connectivity index (χ0v) is 9.05. The van der Waals surface area contributed by atoms with Crippen molar-refractivity contribution in [3.8, 4) is 0 Å². The molecule has 4 nitrogen and oxygen atoms in total. The number of aromatic nitrogens is 3. The number of nitrogens with one attached hydrogen (secondary N) is 1. The van der Waals surface area contributed by atoms with E-state index in [1.165, 1.54) is 24.6 Å². The van der Waals surface area contributed by atoms with Crippen molar-refractivity contribution >= 4 is 11.8 Å². The van der Waals surface area contributed by atoms with Gasteiger partial charge < -0.3 is 5.32 Å². The Morgan fingerprint density at radius 1 is 1.50 bits per heavy atom. The topological polar surface area (TPSA) is 50.7 Å². The minimum atomic E-state index is 0.500. The maximum atomic E-state index is 4.23. The van der Waals surface area contributed by atoms with E-state index >= 15 is 0 Å². The molecule has 1 aromatic rings. The highest BCUT2D eigenvalue weighted by Crippen LogP contribution is 2.20. The Morgan fingerprint density at radius 2 is 2.43 bits per heavy atom. The van der Waals surface area contributed by atoms with Gasteiger partial charge in [0.15, 0.2) is 0 Å². The summed E-state index contributed by atoms with van der Waals surface area (Å²) in [5.41, 5.74) is 1.02. The summed E-state index contributed by atoms with van der Waals surface area (Å²) in [4.78, 5) is 4.23. The minimum absolute atomic E-state index is 0.500. The van der Waals surface area contributed by atoms with E-state index in [1.54, 1.807) is 0 Å². The zero-order chi connectivity index (χ0) is 9.80. The largest absolute Gasteiger partial charge is 0.316 e. The van der Waals surface area contributed by atoms with Gasteiger partial charge in [0.25, 0.3) is 0 Å². The molecule has 2 heterocycles. The van der Waals surface area contributed by atoms with E-state index in [9.17, 15) is 0 Å². The van der Waals surface area contributed by atoms with Crippen molar-refractivity contribution in [1.29, 1.82) is 0 Å². The highest BCUT2D eigenvalue weighted by atomic mass is 32.2. The van der Waals surface area contributed by atoms with E-state index in [0.29, 0.717) is 5.92 Å². The Bertz CT molecular complexity index is 281. The van der Waals surface area contributed by atoms with Crippen molar-refractivity contribution in [2.75, 3.05) is 19.3 Å². The first-order valence-corrected chi connectivity index (χ1v) is 6.07. The summed E-state index contributed by atoms with van der Waals surface area (Å²) in [6.45, 7) is 2.13. The highest BCUT2D eigenvalue weighted by Gasteiger charge is 2.16. The minimum Gasteiger partial charge on any atom is -0.316 e.